The van der Waals surface area contributed by atoms with E-state index in [1.165, 1.54) is 0 Å². The van der Waals surface area contributed by atoms with Gasteiger partial charge in [-0.1, -0.05) is 17.3 Å². The summed E-state index contributed by atoms with van der Waals surface area (Å²) in [7, 11) is 0. The zero-order valence-corrected chi connectivity index (χ0v) is 11.7. The van der Waals surface area contributed by atoms with Crippen molar-refractivity contribution in [3.8, 4) is 11.6 Å². The van der Waals surface area contributed by atoms with Gasteiger partial charge >= 0.3 is 0 Å². The summed E-state index contributed by atoms with van der Waals surface area (Å²) >= 11 is 0. The van der Waals surface area contributed by atoms with E-state index in [1.807, 2.05) is 31.2 Å². The van der Waals surface area contributed by atoms with Gasteiger partial charge in [0.15, 0.2) is 0 Å². The smallest absolute Gasteiger partial charge is 0.240 e. The summed E-state index contributed by atoms with van der Waals surface area (Å²) in [5.74, 6) is 1.45. The van der Waals surface area contributed by atoms with Crippen LogP contribution in [0.5, 0.6) is 0 Å². The second kappa shape index (κ2) is 5.70. The van der Waals surface area contributed by atoms with E-state index >= 15 is 0 Å². The Kier molecular flexibility index (Phi) is 3.59. The molecular weight excluding hydrogens is 266 g/mol. The number of benzene rings is 1. The van der Waals surface area contributed by atoms with Crippen LogP contribution in [0, 0.1) is 6.92 Å². The average Bonchev–Trinajstić information content (AvgIpc) is 2.95. The van der Waals surface area contributed by atoms with Crippen LogP contribution in [0.25, 0.3) is 11.6 Å². The maximum atomic E-state index is 5.75. The largest absolute Gasteiger partial charge is 0.399 e. The molecule has 6 heteroatoms. The molecule has 0 spiro atoms. The number of nitrogens with two attached hydrogens (primary N) is 1. The van der Waals surface area contributed by atoms with Gasteiger partial charge in [0.25, 0.3) is 0 Å². The first-order valence-corrected chi connectivity index (χ1v) is 6.67. The first kappa shape index (κ1) is 13.2. The molecule has 1 aromatic carbocycles. The number of aromatic nitrogens is 4. The summed E-state index contributed by atoms with van der Waals surface area (Å²) in [6.45, 7) is 1.93. The summed E-state index contributed by atoms with van der Waals surface area (Å²) in [5.41, 5.74) is 8.64. The third-order valence-electron chi connectivity index (χ3n) is 3.03. The Morgan fingerprint density at radius 3 is 2.67 bits per heavy atom. The number of rotatable bonds is 4. The fraction of sp³-hybridized carbons (Fsp3) is 0.200. The topological polar surface area (TPSA) is 90.7 Å². The molecule has 21 heavy (non-hydrogen) atoms. The molecule has 0 saturated heterocycles. The minimum Gasteiger partial charge on any atom is -0.399 e. The van der Waals surface area contributed by atoms with E-state index in [0.29, 0.717) is 24.0 Å². The van der Waals surface area contributed by atoms with Crippen LogP contribution < -0.4 is 5.73 Å². The van der Waals surface area contributed by atoms with E-state index in [1.54, 1.807) is 12.4 Å². The molecule has 3 rings (SSSR count). The monoisotopic (exact) mass is 281 g/mol. The summed E-state index contributed by atoms with van der Waals surface area (Å²) in [6, 6.07) is 7.77. The molecule has 0 amide bonds. The van der Waals surface area contributed by atoms with Crippen molar-refractivity contribution in [2.24, 2.45) is 0 Å². The second-order valence-corrected chi connectivity index (χ2v) is 4.84. The molecular formula is C15H15N5O. The van der Waals surface area contributed by atoms with Crippen LogP contribution in [0.3, 0.4) is 0 Å². The Hall–Kier alpha value is -2.76. The van der Waals surface area contributed by atoms with Crippen molar-refractivity contribution in [2.45, 2.75) is 19.8 Å². The van der Waals surface area contributed by atoms with Crippen LogP contribution in [0.15, 0.2) is 41.2 Å². The van der Waals surface area contributed by atoms with Crippen molar-refractivity contribution in [3.63, 3.8) is 0 Å². The Morgan fingerprint density at radius 1 is 1.10 bits per heavy atom. The molecule has 0 saturated carbocycles. The van der Waals surface area contributed by atoms with Gasteiger partial charge in [0.05, 0.1) is 0 Å². The molecule has 2 N–H and O–H groups in total. The van der Waals surface area contributed by atoms with E-state index in [2.05, 4.69) is 20.1 Å². The van der Waals surface area contributed by atoms with Crippen LogP contribution in [0.1, 0.15) is 17.0 Å². The number of hydrogen-bond acceptors (Lipinski definition) is 6. The third kappa shape index (κ3) is 3.22. The quantitative estimate of drug-likeness (QED) is 0.737. The highest BCUT2D eigenvalue weighted by Crippen LogP contribution is 2.13. The van der Waals surface area contributed by atoms with Crippen molar-refractivity contribution in [1.29, 1.82) is 0 Å². The first-order chi connectivity index (χ1) is 10.2. The van der Waals surface area contributed by atoms with E-state index in [0.717, 1.165) is 23.2 Å². The van der Waals surface area contributed by atoms with Crippen LogP contribution in [0.2, 0.25) is 0 Å². The Labute approximate surface area is 122 Å². The molecule has 0 bridgehead atoms. The molecule has 0 atom stereocenters. The maximum Gasteiger partial charge on any atom is 0.240 e. The highest BCUT2D eigenvalue weighted by molar-refractivity contribution is 5.42. The molecule has 0 aliphatic carbocycles. The van der Waals surface area contributed by atoms with Gasteiger partial charge in [-0.05, 0) is 36.6 Å². The molecule has 0 aliphatic rings. The molecule has 0 fully saturated rings. The van der Waals surface area contributed by atoms with E-state index in [-0.39, 0.29) is 0 Å². The fourth-order valence-corrected chi connectivity index (χ4v) is 1.96. The number of hydrogen-bond donors (Lipinski definition) is 1. The lowest BCUT2D eigenvalue weighted by atomic mass is 10.1. The fourth-order valence-electron chi connectivity index (χ4n) is 1.96. The molecule has 2 aromatic heterocycles. The predicted molar refractivity (Wildman–Crippen MR) is 78.3 cm³/mol. The van der Waals surface area contributed by atoms with Gasteiger partial charge in [-0.3, -0.25) is 0 Å². The van der Waals surface area contributed by atoms with Crippen molar-refractivity contribution in [3.05, 3.63) is 53.7 Å². The Morgan fingerprint density at radius 2 is 1.90 bits per heavy atom. The van der Waals surface area contributed by atoms with Crippen LogP contribution in [0.4, 0.5) is 5.69 Å². The molecule has 0 radical (unpaired) electrons. The van der Waals surface area contributed by atoms with Gasteiger partial charge in [-0.25, -0.2) is 9.97 Å². The van der Waals surface area contributed by atoms with Gasteiger partial charge in [0.2, 0.25) is 17.5 Å². The zero-order valence-electron chi connectivity index (χ0n) is 11.7. The van der Waals surface area contributed by atoms with Gasteiger partial charge in [0, 0.05) is 24.5 Å². The molecule has 6 nitrogen and oxygen atoms in total. The highest BCUT2D eigenvalue weighted by Gasteiger charge is 2.11. The van der Waals surface area contributed by atoms with E-state index in [4.69, 9.17) is 10.3 Å². The standard InChI is InChI=1S/C15H15N5O/c1-10-8-17-14(18-9-10)15-19-13(21-20-15)6-5-11-3-2-4-12(16)7-11/h2-4,7-9H,5-6,16H2,1H3. The highest BCUT2D eigenvalue weighted by atomic mass is 16.5. The molecule has 0 unspecified atom stereocenters. The summed E-state index contributed by atoms with van der Waals surface area (Å²) in [5, 5.41) is 3.91. The predicted octanol–water partition coefficient (Wildman–Crippen LogP) is 2.20. The SMILES string of the molecule is Cc1cnc(-c2noc(CCc3cccc(N)c3)n2)nc1. The van der Waals surface area contributed by atoms with Gasteiger partial charge in [0.1, 0.15) is 0 Å². The van der Waals surface area contributed by atoms with Gasteiger partial charge in [-0.15, -0.1) is 0 Å². The normalized spacial score (nSPS) is 10.7. The van der Waals surface area contributed by atoms with Crippen LogP contribution >= 0.6 is 0 Å². The number of aryl methyl sites for hydroxylation is 3. The van der Waals surface area contributed by atoms with E-state index < -0.39 is 0 Å². The average molecular weight is 281 g/mol. The number of nitrogen functional groups attached to an aromatic ring is 1. The lowest BCUT2D eigenvalue weighted by Crippen LogP contribution is -1.94. The summed E-state index contributed by atoms with van der Waals surface area (Å²) in [6.07, 6.45) is 4.90. The summed E-state index contributed by atoms with van der Waals surface area (Å²) in [4.78, 5) is 12.7. The van der Waals surface area contributed by atoms with Crippen molar-refractivity contribution >= 4 is 5.69 Å². The van der Waals surface area contributed by atoms with Gasteiger partial charge in [-0.2, -0.15) is 4.98 Å². The summed E-state index contributed by atoms with van der Waals surface area (Å²) < 4.78 is 5.23. The third-order valence-corrected chi connectivity index (χ3v) is 3.03. The molecule has 0 aliphatic heterocycles. The zero-order chi connectivity index (χ0) is 14.7. The lowest BCUT2D eigenvalue weighted by Gasteiger charge is -1.99. The minimum absolute atomic E-state index is 0.414. The molecule has 3 aromatic rings. The number of anilines is 1. The van der Waals surface area contributed by atoms with Crippen molar-refractivity contribution in [1.82, 2.24) is 20.1 Å². The Bertz CT molecular complexity index is 736. The number of nitrogens with zero attached hydrogens (tertiary/aromatic N) is 4. The molecule has 2 heterocycles. The molecule has 106 valence electrons. The minimum atomic E-state index is 0.414. The second-order valence-electron chi connectivity index (χ2n) is 4.84. The maximum absolute atomic E-state index is 5.75. The van der Waals surface area contributed by atoms with Gasteiger partial charge < -0.3 is 10.3 Å². The van der Waals surface area contributed by atoms with Crippen molar-refractivity contribution < 1.29 is 4.52 Å². The van der Waals surface area contributed by atoms with E-state index in [9.17, 15) is 0 Å². The van der Waals surface area contributed by atoms with Crippen molar-refractivity contribution in [2.75, 3.05) is 5.73 Å². The lowest BCUT2D eigenvalue weighted by molar-refractivity contribution is 0.378. The van der Waals surface area contributed by atoms with Crippen LogP contribution in [-0.2, 0) is 12.8 Å². The Balaban J connectivity index is 1.69. The first-order valence-electron chi connectivity index (χ1n) is 6.67. The van der Waals surface area contributed by atoms with Crippen LogP contribution in [-0.4, -0.2) is 20.1 Å².